The van der Waals surface area contributed by atoms with Crippen LogP contribution in [0.15, 0.2) is 0 Å². The summed E-state index contributed by atoms with van der Waals surface area (Å²) in [6.07, 6.45) is 4.11. The van der Waals surface area contributed by atoms with Crippen molar-refractivity contribution in [3.8, 4) is 0 Å². The van der Waals surface area contributed by atoms with Crippen LogP contribution >= 0.6 is 89.5 Å². The van der Waals surface area contributed by atoms with Gasteiger partial charge in [-0.05, 0) is 0 Å². The zero-order valence-electron chi connectivity index (χ0n) is 4.79. The molecule has 0 aromatic rings. The molecule has 0 N–H and O–H groups in total. The zero-order chi connectivity index (χ0) is 7.28. The zero-order valence-corrected chi connectivity index (χ0v) is 13.4. The summed E-state index contributed by atoms with van der Waals surface area (Å²) in [5.74, 6) is 0. The Bertz CT molecular complexity index is 58.8. The Morgan fingerprint density at radius 1 is 0.778 bits per heavy atom. The van der Waals surface area contributed by atoms with E-state index < -0.39 is 0 Å². The predicted molar refractivity (Wildman–Crippen MR) is 81.8 cm³/mol. The van der Waals surface area contributed by atoms with E-state index >= 15 is 0 Å². The molecule has 0 atom stereocenters. The summed E-state index contributed by atoms with van der Waals surface area (Å²) in [6, 6.07) is 0. The van der Waals surface area contributed by atoms with Crippen LogP contribution in [0.25, 0.3) is 0 Å². The third-order valence-corrected chi connectivity index (χ3v) is 3.34. The Kier molecular flexibility index (Phi) is 10.3. The molecule has 0 fully saturated rings. The Morgan fingerprint density at radius 3 is 1.33 bits per heavy atom. The molecular formula is C3H6B2I4. The fourth-order valence-corrected chi connectivity index (χ4v) is 2.19. The third kappa shape index (κ3) is 11.0. The van der Waals surface area contributed by atoms with Gasteiger partial charge < -0.3 is 0 Å². The molecule has 0 aromatic carbocycles. The predicted octanol–water partition coefficient (Wildman–Crippen LogP) is 4.09. The second-order valence-corrected chi connectivity index (χ2v) is 12.5. The van der Waals surface area contributed by atoms with E-state index in [0.717, 1.165) is 4.85 Å². The van der Waals surface area contributed by atoms with E-state index in [2.05, 4.69) is 89.5 Å². The van der Waals surface area contributed by atoms with Crippen molar-refractivity contribution in [1.29, 1.82) is 0 Å². The van der Waals surface area contributed by atoms with Crippen LogP contribution in [0.3, 0.4) is 0 Å². The lowest BCUT2D eigenvalue weighted by Gasteiger charge is -1.96. The lowest BCUT2D eigenvalue weighted by Crippen LogP contribution is -1.93. The Labute approximate surface area is 111 Å². The highest BCUT2D eigenvalue weighted by atomic mass is 127. The van der Waals surface area contributed by atoms with E-state index in [1.165, 1.54) is 19.1 Å². The van der Waals surface area contributed by atoms with Gasteiger partial charge in [0, 0.05) is 0 Å². The molecule has 0 nitrogen and oxygen atoms in total. The van der Waals surface area contributed by atoms with Crippen molar-refractivity contribution in [2.24, 2.45) is 0 Å². The summed E-state index contributed by atoms with van der Waals surface area (Å²) in [4.78, 5) is 0. The molecule has 0 saturated heterocycles. The van der Waals surface area contributed by atoms with Gasteiger partial charge in [-0.15, -0.1) is 89.5 Å². The van der Waals surface area contributed by atoms with E-state index in [1.807, 2.05) is 0 Å². The lowest BCUT2D eigenvalue weighted by atomic mass is 9.92. The van der Waals surface area contributed by atoms with Crippen molar-refractivity contribution in [2.75, 3.05) is 0 Å². The first-order valence-electron chi connectivity index (χ1n) is 2.69. The smallest absolute Gasteiger partial charge is 0.134 e. The average Bonchev–Trinajstić information content (AvgIpc) is 1.63. The summed E-state index contributed by atoms with van der Waals surface area (Å²) >= 11 is 9.88. The summed E-state index contributed by atoms with van der Waals surface area (Å²) in [5, 5.41) is 0. The summed E-state index contributed by atoms with van der Waals surface area (Å²) in [6.45, 7) is 0. The molecule has 0 aliphatic heterocycles. The maximum Gasteiger partial charge on any atom is 0.289 e. The first kappa shape index (κ1) is 12.0. The number of hydrogen-bond acceptors (Lipinski definition) is 0. The summed E-state index contributed by atoms with van der Waals surface area (Å²) in [5.41, 5.74) is 0. The number of rotatable bonds is 4. The molecule has 0 saturated carbocycles. The van der Waals surface area contributed by atoms with Crippen LogP contribution in [0.2, 0.25) is 12.6 Å². The topological polar surface area (TPSA) is 0 Å². The monoisotopic (exact) mass is 572 g/mol. The van der Waals surface area contributed by atoms with Crippen molar-refractivity contribution in [3.63, 3.8) is 0 Å². The second kappa shape index (κ2) is 7.69. The molecule has 0 aliphatic rings. The lowest BCUT2D eigenvalue weighted by molar-refractivity contribution is 1.07. The minimum Gasteiger partial charge on any atom is -0.134 e. The van der Waals surface area contributed by atoms with Crippen molar-refractivity contribution in [2.45, 2.75) is 19.1 Å². The normalized spacial score (nSPS) is 9.33. The van der Waals surface area contributed by atoms with Gasteiger partial charge in [0.1, 0.15) is 0 Å². The molecule has 9 heavy (non-hydrogen) atoms. The van der Waals surface area contributed by atoms with Crippen molar-refractivity contribution >= 4 is 94.3 Å². The summed E-state index contributed by atoms with van der Waals surface area (Å²) < 4.78 is 1.65. The molecule has 52 valence electrons. The van der Waals surface area contributed by atoms with E-state index in [-0.39, 0.29) is 0 Å². The molecule has 0 aliphatic carbocycles. The molecule has 0 spiro atoms. The first-order chi connectivity index (χ1) is 4.13. The van der Waals surface area contributed by atoms with Gasteiger partial charge in [0.15, 0.2) is 0 Å². The fourth-order valence-electron chi connectivity index (χ4n) is 0.426. The van der Waals surface area contributed by atoms with Crippen molar-refractivity contribution in [3.05, 3.63) is 0 Å². The molecule has 6 heteroatoms. The highest BCUT2D eigenvalue weighted by Crippen LogP contribution is 2.19. The van der Waals surface area contributed by atoms with Gasteiger partial charge in [-0.3, -0.25) is 0 Å². The van der Waals surface area contributed by atoms with Gasteiger partial charge in [0.25, 0.3) is 4.85 Å². The van der Waals surface area contributed by atoms with Gasteiger partial charge >= 0.3 is 0 Å². The number of halogens is 4. The van der Waals surface area contributed by atoms with Gasteiger partial charge in [-0.25, -0.2) is 0 Å². The van der Waals surface area contributed by atoms with Crippen LogP contribution in [0, 0.1) is 0 Å². The van der Waals surface area contributed by atoms with Gasteiger partial charge in [-0.2, -0.15) is 0 Å². The van der Waals surface area contributed by atoms with Crippen LogP contribution < -0.4 is 0 Å². The van der Waals surface area contributed by atoms with E-state index in [4.69, 9.17) is 0 Å². The Hall–Kier alpha value is 3.05. The fraction of sp³-hybridized carbons (Fsp3) is 1.00. The maximum absolute atomic E-state index is 2.47. The van der Waals surface area contributed by atoms with E-state index in [0.29, 0.717) is 0 Å². The van der Waals surface area contributed by atoms with Gasteiger partial charge in [0.2, 0.25) is 0 Å². The minimum absolute atomic E-state index is 0.826. The molecular weight excluding hydrogens is 565 g/mol. The maximum atomic E-state index is 2.47. The first-order valence-corrected chi connectivity index (χ1v) is 7.67. The minimum atomic E-state index is 0.826. The van der Waals surface area contributed by atoms with Gasteiger partial charge in [0.05, 0.1) is 0 Å². The van der Waals surface area contributed by atoms with Crippen LogP contribution in [0.1, 0.15) is 6.42 Å². The average molecular weight is 571 g/mol. The van der Waals surface area contributed by atoms with Crippen LogP contribution in [-0.2, 0) is 0 Å². The highest BCUT2D eigenvalue weighted by Gasteiger charge is 2.06. The molecule has 0 unspecified atom stereocenters. The largest absolute Gasteiger partial charge is 0.289 e. The second-order valence-electron chi connectivity index (χ2n) is 1.71. The Balaban J connectivity index is 2.91. The molecule has 0 rings (SSSR count). The Morgan fingerprint density at radius 2 is 1.11 bits per heavy atom. The molecule has 0 heterocycles. The quantitative estimate of drug-likeness (QED) is 0.353. The van der Waals surface area contributed by atoms with Crippen LogP contribution in [-0.4, -0.2) is 4.85 Å². The van der Waals surface area contributed by atoms with Crippen LogP contribution in [0.5, 0.6) is 0 Å². The third-order valence-electron chi connectivity index (χ3n) is 0.845. The highest BCUT2D eigenvalue weighted by molar-refractivity contribution is 14.3. The van der Waals surface area contributed by atoms with Crippen molar-refractivity contribution in [1.82, 2.24) is 0 Å². The molecule has 0 aromatic heterocycles. The molecule has 0 radical (unpaired) electrons. The van der Waals surface area contributed by atoms with Crippen LogP contribution in [0.4, 0.5) is 0 Å². The standard InChI is InChI=1S/C3H6B2I4/c6-4(7)2-1-3-5(8)9/h1-3H2. The summed E-state index contributed by atoms with van der Waals surface area (Å²) in [7, 11) is 0. The molecule has 0 amide bonds. The van der Waals surface area contributed by atoms with E-state index in [1.54, 1.807) is 0 Å². The molecule has 0 bridgehead atoms. The number of hydrogen-bond donors (Lipinski definition) is 0. The SMILES string of the molecule is IB(I)CCCB(I)I. The van der Waals surface area contributed by atoms with Crippen molar-refractivity contribution < 1.29 is 0 Å². The van der Waals surface area contributed by atoms with E-state index in [9.17, 15) is 0 Å². The van der Waals surface area contributed by atoms with Gasteiger partial charge in [-0.1, -0.05) is 19.1 Å².